The molecule has 0 radical (unpaired) electrons. The molecule has 0 unspecified atom stereocenters. The van der Waals surface area contributed by atoms with Crippen LogP contribution in [0.4, 0.5) is 5.69 Å². The van der Waals surface area contributed by atoms with Crippen molar-refractivity contribution in [2.45, 2.75) is 68.8 Å². The highest BCUT2D eigenvalue weighted by Gasteiger charge is 2.35. The Morgan fingerprint density at radius 3 is 2.39 bits per heavy atom. The van der Waals surface area contributed by atoms with Gasteiger partial charge in [-0.2, -0.15) is 0 Å². The number of likely N-dealkylation sites (tertiary alicyclic amines) is 1. The molecule has 2 fully saturated rings. The molecule has 7 nitrogen and oxygen atoms in total. The number of carbonyl (C=O) groups excluding carboxylic acids is 2. The lowest BCUT2D eigenvalue weighted by atomic mass is 9.95. The molecule has 2 amide bonds. The molecule has 4 rings (SSSR count). The minimum absolute atomic E-state index is 0.0796. The molecule has 0 aromatic heterocycles. The van der Waals surface area contributed by atoms with Crippen LogP contribution in [-0.4, -0.2) is 43.8 Å². The Hall–Kier alpha value is -2.87. The van der Waals surface area contributed by atoms with Gasteiger partial charge in [0.05, 0.1) is 4.90 Å². The summed E-state index contributed by atoms with van der Waals surface area (Å²) in [5, 5.41) is 3.14. The summed E-state index contributed by atoms with van der Waals surface area (Å²) in [4.78, 5) is 27.9. The number of nitrogens with zero attached hydrogens (tertiary/aromatic N) is 1. The van der Waals surface area contributed by atoms with Crippen molar-refractivity contribution < 1.29 is 18.0 Å². The molecule has 2 aromatic carbocycles. The van der Waals surface area contributed by atoms with Crippen LogP contribution in [0.1, 0.15) is 60.9 Å². The van der Waals surface area contributed by atoms with Crippen LogP contribution in [0.2, 0.25) is 0 Å². The fraction of sp³-hybridized carbons (Fsp3) is 0.440. The molecule has 2 aliphatic rings. The second-order valence-corrected chi connectivity index (χ2v) is 10.7. The Morgan fingerprint density at radius 1 is 0.939 bits per heavy atom. The Balaban J connectivity index is 1.46. The third kappa shape index (κ3) is 5.55. The maximum Gasteiger partial charge on any atom is 0.261 e. The second-order valence-electron chi connectivity index (χ2n) is 9.00. The number of aryl methyl sites for hydroxylation is 1. The predicted octanol–water partition coefficient (Wildman–Crippen LogP) is 3.85. The van der Waals surface area contributed by atoms with E-state index >= 15 is 0 Å². The molecule has 0 bridgehead atoms. The zero-order valence-corrected chi connectivity index (χ0v) is 19.7. The Morgan fingerprint density at radius 2 is 1.67 bits per heavy atom. The molecule has 0 spiro atoms. The van der Waals surface area contributed by atoms with Crippen molar-refractivity contribution in [2.24, 2.45) is 0 Å². The van der Waals surface area contributed by atoms with Gasteiger partial charge in [0, 0.05) is 23.8 Å². The monoisotopic (exact) mass is 469 g/mol. The summed E-state index contributed by atoms with van der Waals surface area (Å²) in [5.74, 6) is -0.336. The van der Waals surface area contributed by atoms with Gasteiger partial charge in [-0.3, -0.25) is 14.3 Å². The van der Waals surface area contributed by atoms with Gasteiger partial charge in [-0.25, -0.2) is 8.42 Å². The molecule has 2 N–H and O–H groups in total. The maximum absolute atomic E-state index is 13.2. The summed E-state index contributed by atoms with van der Waals surface area (Å²) in [7, 11) is -3.77. The lowest BCUT2D eigenvalue weighted by Crippen LogP contribution is -2.49. The third-order valence-electron chi connectivity index (χ3n) is 6.46. The van der Waals surface area contributed by atoms with E-state index < -0.39 is 16.1 Å². The van der Waals surface area contributed by atoms with Crippen LogP contribution in [0, 0.1) is 6.92 Å². The summed E-state index contributed by atoms with van der Waals surface area (Å²) in [6.45, 7) is 2.40. The fourth-order valence-corrected chi connectivity index (χ4v) is 5.69. The number of anilines is 1. The number of sulfonamides is 1. The van der Waals surface area contributed by atoms with E-state index in [1.165, 1.54) is 12.5 Å². The van der Waals surface area contributed by atoms with E-state index in [2.05, 4.69) is 10.0 Å². The highest BCUT2D eigenvalue weighted by Crippen LogP contribution is 2.24. The topological polar surface area (TPSA) is 95.6 Å². The molecule has 1 aliphatic heterocycles. The van der Waals surface area contributed by atoms with Gasteiger partial charge < -0.3 is 10.2 Å². The lowest BCUT2D eigenvalue weighted by molar-refractivity contribution is -0.125. The standard InChI is InChI=1S/C25H31N3O4S/c1-18-12-14-22(15-13-18)33(31,32)27-21-10-5-7-19(17-21)25(30)28-16-6-11-23(28)24(29)26-20-8-3-2-4-9-20/h5,7,10,12-15,17,20,23,27H,2-4,6,8-9,11,16H2,1H3,(H,26,29)/t23-/m1/s1. The van der Waals surface area contributed by atoms with Gasteiger partial charge in [-0.05, 0) is 62.9 Å². The van der Waals surface area contributed by atoms with Crippen LogP contribution >= 0.6 is 0 Å². The predicted molar refractivity (Wildman–Crippen MR) is 128 cm³/mol. The molecule has 33 heavy (non-hydrogen) atoms. The van der Waals surface area contributed by atoms with E-state index in [-0.39, 0.29) is 22.8 Å². The van der Waals surface area contributed by atoms with Crippen molar-refractivity contribution >= 4 is 27.5 Å². The van der Waals surface area contributed by atoms with Crippen molar-refractivity contribution in [1.29, 1.82) is 0 Å². The first-order valence-corrected chi connectivity index (χ1v) is 13.1. The number of hydrogen-bond acceptors (Lipinski definition) is 4. The van der Waals surface area contributed by atoms with Crippen molar-refractivity contribution in [3.63, 3.8) is 0 Å². The first kappa shape index (κ1) is 23.3. The molecule has 1 saturated heterocycles. The van der Waals surface area contributed by atoms with Gasteiger partial charge in [0.1, 0.15) is 6.04 Å². The smallest absolute Gasteiger partial charge is 0.261 e. The summed E-state index contributed by atoms with van der Waals surface area (Å²) >= 11 is 0. The van der Waals surface area contributed by atoms with Crippen LogP contribution in [0.25, 0.3) is 0 Å². The van der Waals surface area contributed by atoms with Gasteiger partial charge >= 0.3 is 0 Å². The lowest BCUT2D eigenvalue weighted by Gasteiger charge is -2.28. The van der Waals surface area contributed by atoms with E-state index in [0.717, 1.165) is 37.7 Å². The number of amides is 2. The van der Waals surface area contributed by atoms with E-state index in [1.807, 2.05) is 6.92 Å². The highest BCUT2D eigenvalue weighted by atomic mass is 32.2. The van der Waals surface area contributed by atoms with Gasteiger partial charge in [0.2, 0.25) is 5.91 Å². The largest absolute Gasteiger partial charge is 0.352 e. The average molecular weight is 470 g/mol. The third-order valence-corrected chi connectivity index (χ3v) is 7.86. The molecular weight excluding hydrogens is 438 g/mol. The Bertz CT molecular complexity index is 1110. The molecule has 176 valence electrons. The van der Waals surface area contributed by atoms with Gasteiger partial charge in [-0.1, -0.05) is 43.0 Å². The van der Waals surface area contributed by atoms with Gasteiger partial charge in [0.15, 0.2) is 0 Å². The van der Waals surface area contributed by atoms with Gasteiger partial charge in [-0.15, -0.1) is 0 Å². The Labute approximate surface area is 195 Å². The van der Waals surface area contributed by atoms with E-state index in [4.69, 9.17) is 0 Å². The molecular formula is C25H31N3O4S. The van der Waals surface area contributed by atoms with Crippen molar-refractivity contribution in [3.05, 3.63) is 59.7 Å². The van der Waals surface area contributed by atoms with E-state index in [9.17, 15) is 18.0 Å². The maximum atomic E-state index is 13.2. The molecule has 1 heterocycles. The summed E-state index contributed by atoms with van der Waals surface area (Å²) in [6, 6.07) is 12.7. The van der Waals surface area contributed by atoms with Crippen molar-refractivity contribution in [3.8, 4) is 0 Å². The van der Waals surface area contributed by atoms with Gasteiger partial charge in [0.25, 0.3) is 15.9 Å². The SMILES string of the molecule is Cc1ccc(S(=O)(=O)Nc2cccc(C(=O)N3CCC[C@@H]3C(=O)NC3CCCCC3)c2)cc1. The van der Waals surface area contributed by atoms with Crippen molar-refractivity contribution in [2.75, 3.05) is 11.3 Å². The van der Waals surface area contributed by atoms with Crippen LogP contribution < -0.4 is 10.0 Å². The molecule has 1 saturated carbocycles. The average Bonchev–Trinajstić information content (AvgIpc) is 3.29. The number of carbonyl (C=O) groups is 2. The molecule has 2 aromatic rings. The number of hydrogen-bond donors (Lipinski definition) is 2. The Kier molecular flexibility index (Phi) is 7.02. The summed E-state index contributed by atoms with van der Waals surface area (Å²) < 4.78 is 28.0. The number of nitrogens with one attached hydrogen (secondary N) is 2. The summed E-state index contributed by atoms with van der Waals surface area (Å²) in [5.41, 5.74) is 1.63. The zero-order chi connectivity index (χ0) is 23.4. The van der Waals surface area contributed by atoms with E-state index in [1.54, 1.807) is 47.4 Å². The number of benzene rings is 2. The van der Waals surface area contributed by atoms with Crippen molar-refractivity contribution in [1.82, 2.24) is 10.2 Å². The minimum Gasteiger partial charge on any atom is -0.352 e. The summed E-state index contributed by atoms with van der Waals surface area (Å²) in [6.07, 6.45) is 6.88. The van der Waals surface area contributed by atoms with Crippen LogP contribution in [-0.2, 0) is 14.8 Å². The van der Waals surface area contributed by atoms with E-state index in [0.29, 0.717) is 24.2 Å². The highest BCUT2D eigenvalue weighted by molar-refractivity contribution is 7.92. The van der Waals surface area contributed by atoms with Crippen LogP contribution in [0.5, 0.6) is 0 Å². The first-order valence-electron chi connectivity index (χ1n) is 11.6. The van der Waals surface area contributed by atoms with Crippen LogP contribution in [0.3, 0.4) is 0 Å². The normalized spacial score (nSPS) is 19.3. The van der Waals surface area contributed by atoms with Crippen LogP contribution in [0.15, 0.2) is 53.4 Å². The first-order chi connectivity index (χ1) is 15.8. The molecule has 1 atom stereocenters. The fourth-order valence-electron chi connectivity index (χ4n) is 4.64. The number of rotatable bonds is 6. The second kappa shape index (κ2) is 9.95. The molecule has 8 heteroatoms. The minimum atomic E-state index is -3.77. The molecule has 1 aliphatic carbocycles. The quantitative estimate of drug-likeness (QED) is 0.672. The zero-order valence-electron chi connectivity index (χ0n) is 18.9.